The van der Waals surface area contributed by atoms with Crippen LogP contribution in [0.4, 0.5) is 0 Å². The van der Waals surface area contributed by atoms with Crippen LogP contribution in [0.1, 0.15) is 39.5 Å². The Labute approximate surface area is 86.6 Å². The first-order chi connectivity index (χ1) is 6.70. The molecule has 1 atom stereocenters. The van der Waals surface area contributed by atoms with Gasteiger partial charge in [-0.05, 0) is 18.9 Å². The molecule has 80 valence electrons. The lowest BCUT2D eigenvalue weighted by Gasteiger charge is -2.12. The molecule has 0 spiro atoms. The molecule has 0 saturated carbocycles. The second-order valence-corrected chi connectivity index (χ2v) is 3.26. The summed E-state index contributed by atoms with van der Waals surface area (Å²) in [4.78, 5) is 10.8. The molecule has 0 saturated heterocycles. The van der Waals surface area contributed by atoms with Crippen LogP contribution in [0.5, 0.6) is 0 Å². The van der Waals surface area contributed by atoms with Gasteiger partial charge in [0.1, 0.15) is 6.10 Å². The largest absolute Gasteiger partial charge is 0.458 e. The van der Waals surface area contributed by atoms with E-state index in [-0.39, 0.29) is 12.1 Å². The standard InChI is InChI=1S/C12H20O2/c1-4-6-8-10-12(9-7-5-2)14-11(3)13/h5,7,9,12H,2,4,6,8,10H2,1,3H3. The molecule has 0 amide bonds. The zero-order valence-corrected chi connectivity index (χ0v) is 9.16. The minimum Gasteiger partial charge on any atom is -0.458 e. The monoisotopic (exact) mass is 196 g/mol. The van der Waals surface area contributed by atoms with E-state index in [2.05, 4.69) is 13.5 Å². The minimum absolute atomic E-state index is 0.0861. The van der Waals surface area contributed by atoms with Crippen molar-refractivity contribution in [2.75, 3.05) is 0 Å². The van der Waals surface area contributed by atoms with E-state index in [1.54, 1.807) is 6.08 Å². The molecule has 0 aromatic rings. The lowest BCUT2D eigenvalue weighted by molar-refractivity contribution is -0.144. The highest BCUT2D eigenvalue weighted by Crippen LogP contribution is 2.08. The van der Waals surface area contributed by atoms with Gasteiger partial charge in [-0.2, -0.15) is 0 Å². The van der Waals surface area contributed by atoms with Crippen LogP contribution in [0, 0.1) is 0 Å². The molecule has 0 aliphatic carbocycles. The zero-order valence-electron chi connectivity index (χ0n) is 9.16. The summed E-state index contributed by atoms with van der Waals surface area (Å²) >= 11 is 0. The number of unbranched alkanes of at least 4 members (excludes halogenated alkanes) is 2. The third-order valence-corrected chi connectivity index (χ3v) is 1.87. The molecule has 0 bridgehead atoms. The van der Waals surface area contributed by atoms with Crippen LogP contribution < -0.4 is 0 Å². The van der Waals surface area contributed by atoms with Crippen LogP contribution in [0.15, 0.2) is 24.8 Å². The van der Waals surface area contributed by atoms with Gasteiger partial charge in [0, 0.05) is 6.92 Å². The van der Waals surface area contributed by atoms with E-state index in [4.69, 9.17) is 4.74 Å². The fraction of sp³-hybridized carbons (Fsp3) is 0.583. The Balaban J connectivity index is 3.90. The molecule has 0 rings (SSSR count). The summed E-state index contributed by atoms with van der Waals surface area (Å²) < 4.78 is 5.13. The molecular weight excluding hydrogens is 176 g/mol. The Hall–Kier alpha value is -1.05. The lowest BCUT2D eigenvalue weighted by atomic mass is 10.1. The number of hydrogen-bond acceptors (Lipinski definition) is 2. The van der Waals surface area contributed by atoms with Crippen LogP contribution in [0.3, 0.4) is 0 Å². The molecule has 0 aliphatic rings. The number of ether oxygens (including phenoxy) is 1. The Kier molecular flexibility index (Phi) is 7.90. The van der Waals surface area contributed by atoms with E-state index in [1.165, 1.54) is 19.8 Å². The van der Waals surface area contributed by atoms with E-state index in [1.807, 2.05) is 12.2 Å². The molecule has 14 heavy (non-hydrogen) atoms. The second kappa shape index (κ2) is 8.54. The molecule has 0 aliphatic heterocycles. The van der Waals surface area contributed by atoms with Crippen molar-refractivity contribution < 1.29 is 9.53 Å². The molecule has 0 radical (unpaired) electrons. The average molecular weight is 196 g/mol. The number of allylic oxidation sites excluding steroid dienone is 2. The SMILES string of the molecule is C=CC=CC(CCCCC)OC(C)=O. The first-order valence-electron chi connectivity index (χ1n) is 5.17. The van der Waals surface area contributed by atoms with Crippen molar-refractivity contribution in [3.05, 3.63) is 24.8 Å². The molecule has 1 unspecified atom stereocenters. The van der Waals surface area contributed by atoms with Crippen LogP contribution >= 0.6 is 0 Å². The van der Waals surface area contributed by atoms with Crippen molar-refractivity contribution in [3.63, 3.8) is 0 Å². The van der Waals surface area contributed by atoms with Crippen LogP contribution in [0.2, 0.25) is 0 Å². The fourth-order valence-corrected chi connectivity index (χ4v) is 1.21. The summed E-state index contributed by atoms with van der Waals surface area (Å²) in [6.45, 7) is 7.17. The van der Waals surface area contributed by atoms with Gasteiger partial charge in [-0.15, -0.1) is 0 Å². The fourth-order valence-electron chi connectivity index (χ4n) is 1.21. The van der Waals surface area contributed by atoms with Crippen LogP contribution in [-0.4, -0.2) is 12.1 Å². The van der Waals surface area contributed by atoms with Gasteiger partial charge in [-0.1, -0.05) is 38.5 Å². The zero-order chi connectivity index (χ0) is 10.8. The van der Waals surface area contributed by atoms with Crippen molar-refractivity contribution in [1.29, 1.82) is 0 Å². The Morgan fingerprint density at radius 2 is 2.21 bits per heavy atom. The predicted molar refractivity (Wildman–Crippen MR) is 59.0 cm³/mol. The number of hydrogen-bond donors (Lipinski definition) is 0. The number of esters is 1. The highest BCUT2D eigenvalue weighted by Gasteiger charge is 2.06. The van der Waals surface area contributed by atoms with E-state index >= 15 is 0 Å². The van der Waals surface area contributed by atoms with Crippen LogP contribution in [0.25, 0.3) is 0 Å². The second-order valence-electron chi connectivity index (χ2n) is 3.26. The van der Waals surface area contributed by atoms with Crippen molar-refractivity contribution in [1.82, 2.24) is 0 Å². The van der Waals surface area contributed by atoms with Gasteiger partial charge in [0.15, 0.2) is 0 Å². The number of carbonyl (C=O) groups excluding carboxylic acids is 1. The van der Waals surface area contributed by atoms with Gasteiger partial charge >= 0.3 is 5.97 Å². The smallest absolute Gasteiger partial charge is 0.303 e. The lowest BCUT2D eigenvalue weighted by Crippen LogP contribution is -2.13. The highest BCUT2D eigenvalue weighted by molar-refractivity contribution is 5.66. The highest BCUT2D eigenvalue weighted by atomic mass is 16.5. The molecule has 0 heterocycles. The van der Waals surface area contributed by atoms with Gasteiger partial charge in [-0.25, -0.2) is 0 Å². The first-order valence-corrected chi connectivity index (χ1v) is 5.17. The first kappa shape index (κ1) is 12.9. The van der Waals surface area contributed by atoms with E-state index < -0.39 is 0 Å². The molecule has 2 heteroatoms. The predicted octanol–water partition coefficient (Wildman–Crippen LogP) is 3.24. The molecule has 0 N–H and O–H groups in total. The van der Waals surface area contributed by atoms with E-state index in [9.17, 15) is 4.79 Å². The van der Waals surface area contributed by atoms with Gasteiger partial charge in [0.2, 0.25) is 0 Å². The van der Waals surface area contributed by atoms with Crippen molar-refractivity contribution in [2.45, 2.75) is 45.6 Å². The molecule has 0 aromatic carbocycles. The third kappa shape index (κ3) is 7.59. The summed E-state index contributed by atoms with van der Waals surface area (Å²) in [5.74, 6) is -0.222. The van der Waals surface area contributed by atoms with E-state index in [0.29, 0.717) is 0 Å². The minimum atomic E-state index is -0.222. The maximum Gasteiger partial charge on any atom is 0.303 e. The maximum absolute atomic E-state index is 10.8. The Morgan fingerprint density at radius 3 is 2.71 bits per heavy atom. The quantitative estimate of drug-likeness (QED) is 0.355. The molecule has 2 nitrogen and oxygen atoms in total. The van der Waals surface area contributed by atoms with Crippen LogP contribution in [-0.2, 0) is 9.53 Å². The summed E-state index contributed by atoms with van der Waals surface area (Å²) in [7, 11) is 0. The topological polar surface area (TPSA) is 26.3 Å². The summed E-state index contributed by atoms with van der Waals surface area (Å²) in [6, 6.07) is 0. The Morgan fingerprint density at radius 1 is 1.50 bits per heavy atom. The van der Waals surface area contributed by atoms with Gasteiger partial charge in [0.25, 0.3) is 0 Å². The van der Waals surface area contributed by atoms with Gasteiger partial charge < -0.3 is 4.74 Å². The summed E-state index contributed by atoms with van der Waals surface area (Å²) in [6.07, 6.45) is 9.66. The molecular formula is C12H20O2. The number of carbonyl (C=O) groups is 1. The van der Waals surface area contributed by atoms with Crippen molar-refractivity contribution in [2.24, 2.45) is 0 Å². The van der Waals surface area contributed by atoms with Gasteiger partial charge in [0.05, 0.1) is 0 Å². The van der Waals surface area contributed by atoms with Crippen molar-refractivity contribution >= 4 is 5.97 Å². The normalized spacial score (nSPS) is 12.7. The number of rotatable bonds is 7. The average Bonchev–Trinajstić information content (AvgIpc) is 2.13. The van der Waals surface area contributed by atoms with E-state index in [0.717, 1.165) is 12.8 Å². The molecule has 0 fully saturated rings. The van der Waals surface area contributed by atoms with Gasteiger partial charge in [-0.3, -0.25) is 4.79 Å². The summed E-state index contributed by atoms with van der Waals surface area (Å²) in [5, 5.41) is 0. The maximum atomic E-state index is 10.8. The summed E-state index contributed by atoms with van der Waals surface area (Å²) in [5.41, 5.74) is 0. The Bertz CT molecular complexity index is 194. The third-order valence-electron chi connectivity index (χ3n) is 1.87. The van der Waals surface area contributed by atoms with Crippen molar-refractivity contribution in [3.8, 4) is 0 Å². The molecule has 0 aromatic heterocycles.